The molecule has 0 spiro atoms. The zero-order chi connectivity index (χ0) is 18.6. The highest BCUT2D eigenvalue weighted by molar-refractivity contribution is 7.89. The first-order valence-corrected chi connectivity index (χ1v) is 10.5. The van der Waals surface area contributed by atoms with Crippen molar-refractivity contribution in [3.8, 4) is 5.75 Å². The van der Waals surface area contributed by atoms with Crippen molar-refractivity contribution < 1.29 is 22.7 Å². The lowest BCUT2D eigenvalue weighted by molar-refractivity contribution is 0.0680. The summed E-state index contributed by atoms with van der Waals surface area (Å²) < 4.78 is 38.0. The Labute approximate surface area is 154 Å². The van der Waals surface area contributed by atoms with E-state index >= 15 is 0 Å². The number of aromatic nitrogens is 1. The molecule has 1 aromatic heterocycles. The second-order valence-electron chi connectivity index (χ2n) is 6.35. The van der Waals surface area contributed by atoms with Gasteiger partial charge in [0, 0.05) is 32.4 Å². The largest absolute Gasteiger partial charge is 0.491 e. The third-order valence-electron chi connectivity index (χ3n) is 4.69. The first-order chi connectivity index (χ1) is 12.5. The summed E-state index contributed by atoms with van der Waals surface area (Å²) in [7, 11) is -3.45. The maximum atomic E-state index is 12.9. The molecular formula is C17H25N3O5S. The van der Waals surface area contributed by atoms with Crippen LogP contribution >= 0.6 is 0 Å². The molecule has 0 aliphatic carbocycles. The fourth-order valence-corrected chi connectivity index (χ4v) is 5.26. The van der Waals surface area contributed by atoms with E-state index < -0.39 is 15.3 Å². The fourth-order valence-electron chi connectivity index (χ4n) is 3.35. The smallest absolute Gasteiger partial charge is 0.276 e. The average molecular weight is 383 g/mol. The minimum absolute atomic E-state index is 0.181. The molecule has 1 amide bonds. The first kappa shape index (κ1) is 19.1. The van der Waals surface area contributed by atoms with E-state index in [-0.39, 0.29) is 18.1 Å². The van der Waals surface area contributed by atoms with Gasteiger partial charge in [0.25, 0.3) is 5.91 Å². The molecule has 3 heterocycles. The molecular weight excluding hydrogens is 358 g/mol. The van der Waals surface area contributed by atoms with Crippen LogP contribution in [0.4, 0.5) is 0 Å². The summed E-state index contributed by atoms with van der Waals surface area (Å²) in [5, 5.41) is -0.586. The molecule has 1 aromatic rings. The molecule has 2 aliphatic rings. The zero-order valence-electron chi connectivity index (χ0n) is 15.0. The number of sulfonamides is 1. The molecule has 3 rings (SSSR count). The molecule has 2 fully saturated rings. The molecule has 0 aromatic carbocycles. The van der Waals surface area contributed by atoms with E-state index in [9.17, 15) is 13.2 Å². The van der Waals surface area contributed by atoms with E-state index in [1.807, 2.05) is 6.92 Å². The van der Waals surface area contributed by atoms with Gasteiger partial charge in [0.2, 0.25) is 10.0 Å². The minimum Gasteiger partial charge on any atom is -0.491 e. The van der Waals surface area contributed by atoms with Crippen molar-refractivity contribution in [2.75, 3.05) is 46.0 Å². The summed E-state index contributed by atoms with van der Waals surface area (Å²) in [4.78, 5) is 18.6. The molecule has 2 aliphatic heterocycles. The van der Waals surface area contributed by atoms with E-state index in [1.165, 1.54) is 4.31 Å². The summed E-state index contributed by atoms with van der Waals surface area (Å²) in [6, 6.07) is 3.42. The molecule has 1 atom stereocenters. The highest BCUT2D eigenvalue weighted by Gasteiger charge is 2.38. The van der Waals surface area contributed by atoms with Gasteiger partial charge < -0.3 is 14.4 Å². The number of pyridine rings is 1. The molecule has 1 unspecified atom stereocenters. The van der Waals surface area contributed by atoms with Crippen LogP contribution in [0.25, 0.3) is 0 Å². The van der Waals surface area contributed by atoms with Gasteiger partial charge in [-0.1, -0.05) is 0 Å². The highest BCUT2D eigenvalue weighted by Crippen LogP contribution is 2.24. The first-order valence-electron chi connectivity index (χ1n) is 8.98. The van der Waals surface area contributed by atoms with Crippen LogP contribution in [-0.2, 0) is 14.8 Å². The number of hydrogen-bond donors (Lipinski definition) is 0. The molecule has 8 nitrogen and oxygen atoms in total. The number of piperidine rings is 1. The lowest BCUT2D eigenvalue weighted by Crippen LogP contribution is -2.52. The number of ether oxygens (including phenoxy) is 2. The molecule has 0 radical (unpaired) electrons. The molecule has 0 saturated carbocycles. The number of carbonyl (C=O) groups excluding carboxylic acids is 1. The number of hydrogen-bond acceptors (Lipinski definition) is 6. The standard InChI is InChI=1S/C17H25N3O5S/c1-2-25-15-6-3-7-18-16(15)17(21)19-8-4-5-14(13-19)26(22,23)20-9-11-24-12-10-20/h3,6-7,14H,2,4-5,8-13H2,1H3. The highest BCUT2D eigenvalue weighted by atomic mass is 32.2. The Balaban J connectivity index is 1.75. The summed E-state index contributed by atoms with van der Waals surface area (Å²) in [5.74, 6) is 0.147. The summed E-state index contributed by atoms with van der Waals surface area (Å²) in [6.07, 6.45) is 2.75. The number of amides is 1. The second kappa shape index (κ2) is 8.32. The number of carbonyl (C=O) groups is 1. The van der Waals surface area contributed by atoms with Gasteiger partial charge in [0.05, 0.1) is 25.1 Å². The third-order valence-corrected chi connectivity index (χ3v) is 7.00. The predicted molar refractivity (Wildman–Crippen MR) is 95.6 cm³/mol. The Morgan fingerprint density at radius 1 is 1.35 bits per heavy atom. The normalized spacial score (nSPS) is 22.2. The van der Waals surface area contributed by atoms with E-state index in [1.54, 1.807) is 23.2 Å². The number of nitrogens with zero attached hydrogens (tertiary/aromatic N) is 3. The lowest BCUT2D eigenvalue weighted by Gasteiger charge is -2.36. The van der Waals surface area contributed by atoms with Crippen LogP contribution < -0.4 is 4.74 Å². The van der Waals surface area contributed by atoms with Crippen molar-refractivity contribution in [2.45, 2.75) is 25.0 Å². The van der Waals surface area contributed by atoms with E-state index in [4.69, 9.17) is 9.47 Å². The predicted octanol–water partition coefficient (Wildman–Crippen LogP) is 0.747. The molecule has 2 saturated heterocycles. The second-order valence-corrected chi connectivity index (χ2v) is 8.57. The Hall–Kier alpha value is -1.71. The molecule has 9 heteroatoms. The Kier molecular flexibility index (Phi) is 6.10. The van der Waals surface area contributed by atoms with Crippen molar-refractivity contribution in [1.82, 2.24) is 14.2 Å². The topological polar surface area (TPSA) is 89.0 Å². The fraction of sp³-hybridized carbons (Fsp3) is 0.647. The summed E-state index contributed by atoms with van der Waals surface area (Å²) in [5.41, 5.74) is 0.235. The van der Waals surface area contributed by atoms with Gasteiger partial charge in [-0.2, -0.15) is 4.31 Å². The van der Waals surface area contributed by atoms with Crippen LogP contribution in [0.5, 0.6) is 5.75 Å². The molecule has 0 bridgehead atoms. The summed E-state index contributed by atoms with van der Waals surface area (Å²) >= 11 is 0. The lowest BCUT2D eigenvalue weighted by atomic mass is 10.1. The number of rotatable bonds is 5. The van der Waals surface area contributed by atoms with Gasteiger partial charge in [-0.25, -0.2) is 13.4 Å². The monoisotopic (exact) mass is 383 g/mol. The van der Waals surface area contributed by atoms with Gasteiger partial charge in [0.1, 0.15) is 0 Å². The van der Waals surface area contributed by atoms with Crippen molar-refractivity contribution in [1.29, 1.82) is 0 Å². The van der Waals surface area contributed by atoms with E-state index in [0.29, 0.717) is 58.0 Å². The van der Waals surface area contributed by atoms with Gasteiger partial charge in [-0.05, 0) is 31.9 Å². The molecule has 144 valence electrons. The van der Waals surface area contributed by atoms with Gasteiger partial charge >= 0.3 is 0 Å². The van der Waals surface area contributed by atoms with Crippen LogP contribution in [0, 0.1) is 0 Å². The number of likely N-dealkylation sites (tertiary alicyclic amines) is 1. The quantitative estimate of drug-likeness (QED) is 0.745. The van der Waals surface area contributed by atoms with E-state index in [0.717, 1.165) is 0 Å². The average Bonchev–Trinajstić information content (AvgIpc) is 2.69. The maximum absolute atomic E-state index is 12.9. The zero-order valence-corrected chi connectivity index (χ0v) is 15.8. The third kappa shape index (κ3) is 3.99. The molecule has 26 heavy (non-hydrogen) atoms. The van der Waals surface area contributed by atoms with Crippen LogP contribution in [0.2, 0.25) is 0 Å². The van der Waals surface area contributed by atoms with E-state index in [2.05, 4.69) is 4.98 Å². The van der Waals surface area contributed by atoms with Gasteiger partial charge in [-0.15, -0.1) is 0 Å². The van der Waals surface area contributed by atoms with Crippen molar-refractivity contribution in [3.63, 3.8) is 0 Å². The maximum Gasteiger partial charge on any atom is 0.276 e. The van der Waals surface area contributed by atoms with Gasteiger partial charge in [0.15, 0.2) is 11.4 Å². The Morgan fingerprint density at radius 3 is 2.85 bits per heavy atom. The minimum atomic E-state index is -3.45. The van der Waals surface area contributed by atoms with Crippen LogP contribution in [0.1, 0.15) is 30.3 Å². The van der Waals surface area contributed by atoms with Crippen LogP contribution in [0.3, 0.4) is 0 Å². The van der Waals surface area contributed by atoms with Crippen molar-refractivity contribution in [3.05, 3.63) is 24.0 Å². The Bertz CT molecular complexity index is 734. The molecule has 0 N–H and O–H groups in total. The van der Waals surface area contributed by atoms with Crippen molar-refractivity contribution >= 4 is 15.9 Å². The summed E-state index contributed by atoms with van der Waals surface area (Å²) in [6.45, 7) is 4.56. The van der Waals surface area contributed by atoms with Crippen LogP contribution in [-0.4, -0.2) is 79.8 Å². The van der Waals surface area contributed by atoms with Crippen LogP contribution in [0.15, 0.2) is 18.3 Å². The SMILES string of the molecule is CCOc1cccnc1C(=O)N1CCCC(S(=O)(=O)N2CCOCC2)C1. The number of morpholine rings is 1. The Morgan fingerprint density at radius 2 is 2.12 bits per heavy atom. The van der Waals surface area contributed by atoms with Crippen molar-refractivity contribution in [2.24, 2.45) is 0 Å². The van der Waals surface area contributed by atoms with Gasteiger partial charge in [-0.3, -0.25) is 4.79 Å².